The summed E-state index contributed by atoms with van der Waals surface area (Å²) in [7, 11) is -2.66. The van der Waals surface area contributed by atoms with Crippen LogP contribution in [-0.4, -0.2) is 15.5 Å². The Bertz CT molecular complexity index is 773. The van der Waals surface area contributed by atoms with Crippen LogP contribution in [0.25, 0.3) is 0 Å². The predicted octanol–water partition coefficient (Wildman–Crippen LogP) is 4.18. The Labute approximate surface area is 131 Å². The number of nitrogens with zero attached hydrogens (tertiary/aromatic N) is 1. The van der Waals surface area contributed by atoms with Crippen molar-refractivity contribution in [2.75, 3.05) is 11.4 Å². The van der Waals surface area contributed by atoms with Crippen LogP contribution in [0.5, 0.6) is 0 Å². The lowest BCUT2D eigenvalue weighted by atomic mass is 10.2. The number of rotatable bonds is 3. The van der Waals surface area contributed by atoms with Crippen LogP contribution < -0.4 is 4.31 Å². The van der Waals surface area contributed by atoms with Crippen LogP contribution in [0.2, 0.25) is 5.02 Å². The molecule has 0 unspecified atom stereocenters. The first-order chi connectivity index (χ1) is 10.1. The Hall–Kier alpha value is -1.73. The average Bonchev–Trinajstić information content (AvgIpc) is 2.45. The summed E-state index contributed by atoms with van der Waals surface area (Å²) in [5.74, 6) is 0. The minimum atomic E-state index is -4.51. The molecule has 0 saturated heterocycles. The zero-order chi connectivity index (χ0) is 16.5. The third kappa shape index (κ3) is 3.36. The van der Waals surface area contributed by atoms with Gasteiger partial charge in [-0.15, -0.1) is 0 Å². The zero-order valence-corrected chi connectivity index (χ0v) is 12.9. The summed E-state index contributed by atoms with van der Waals surface area (Å²) in [6.45, 7) is 0. The van der Waals surface area contributed by atoms with Crippen molar-refractivity contribution in [3.05, 3.63) is 59.1 Å². The van der Waals surface area contributed by atoms with Crippen molar-refractivity contribution in [3.8, 4) is 0 Å². The van der Waals surface area contributed by atoms with Crippen molar-refractivity contribution in [2.45, 2.75) is 11.1 Å². The standard InChI is InChI=1S/C14H11ClF3NO2S/c1-19(12-4-2-3-11(15)9-12)22(20,21)13-7-5-10(6-8-13)14(16,17)18/h2-9H,1H3. The van der Waals surface area contributed by atoms with E-state index in [4.69, 9.17) is 11.6 Å². The van der Waals surface area contributed by atoms with E-state index in [1.54, 1.807) is 12.1 Å². The van der Waals surface area contributed by atoms with Gasteiger partial charge in [0.1, 0.15) is 0 Å². The van der Waals surface area contributed by atoms with E-state index in [9.17, 15) is 21.6 Å². The molecule has 3 nitrogen and oxygen atoms in total. The molecular formula is C14H11ClF3NO2S. The molecule has 0 atom stereocenters. The van der Waals surface area contributed by atoms with Crippen molar-refractivity contribution in [1.82, 2.24) is 0 Å². The van der Waals surface area contributed by atoms with Crippen LogP contribution >= 0.6 is 11.6 Å². The maximum Gasteiger partial charge on any atom is 0.416 e. The van der Waals surface area contributed by atoms with Crippen LogP contribution in [0.1, 0.15) is 5.56 Å². The van der Waals surface area contributed by atoms with Gasteiger partial charge >= 0.3 is 6.18 Å². The highest BCUT2D eigenvalue weighted by Crippen LogP contribution is 2.31. The van der Waals surface area contributed by atoms with Crippen LogP contribution in [-0.2, 0) is 16.2 Å². The molecule has 0 radical (unpaired) electrons. The van der Waals surface area contributed by atoms with Gasteiger partial charge in [0, 0.05) is 12.1 Å². The topological polar surface area (TPSA) is 37.4 Å². The summed E-state index contributed by atoms with van der Waals surface area (Å²) in [6, 6.07) is 9.48. The molecule has 0 bridgehead atoms. The molecule has 2 rings (SSSR count). The third-order valence-corrected chi connectivity index (χ3v) is 5.05. The van der Waals surface area contributed by atoms with Gasteiger partial charge in [-0.25, -0.2) is 8.42 Å². The van der Waals surface area contributed by atoms with Gasteiger partial charge in [0.25, 0.3) is 10.0 Å². The Balaban J connectivity index is 2.38. The van der Waals surface area contributed by atoms with E-state index >= 15 is 0 Å². The first-order valence-corrected chi connectivity index (χ1v) is 7.86. The molecule has 0 heterocycles. The summed E-state index contributed by atoms with van der Waals surface area (Å²) in [5, 5.41) is 0.354. The lowest BCUT2D eigenvalue weighted by Crippen LogP contribution is -2.26. The molecule has 0 amide bonds. The number of benzene rings is 2. The molecule has 8 heteroatoms. The molecule has 0 fully saturated rings. The molecule has 0 saturated carbocycles. The lowest BCUT2D eigenvalue weighted by molar-refractivity contribution is -0.137. The normalized spacial score (nSPS) is 12.2. The Morgan fingerprint density at radius 2 is 1.64 bits per heavy atom. The molecule has 0 aromatic heterocycles. The first kappa shape index (κ1) is 16.6. The van der Waals surface area contributed by atoms with E-state index in [2.05, 4.69) is 0 Å². The molecule has 2 aromatic rings. The van der Waals surface area contributed by atoms with Crippen molar-refractivity contribution in [2.24, 2.45) is 0 Å². The Morgan fingerprint density at radius 3 is 2.14 bits per heavy atom. The van der Waals surface area contributed by atoms with Gasteiger partial charge < -0.3 is 0 Å². The summed E-state index contributed by atoms with van der Waals surface area (Å²) < 4.78 is 63.3. The molecule has 0 aliphatic rings. The fourth-order valence-electron chi connectivity index (χ4n) is 1.78. The maximum atomic E-state index is 12.5. The van der Waals surface area contributed by atoms with Crippen LogP contribution in [0, 0.1) is 0 Å². The van der Waals surface area contributed by atoms with E-state index in [0.29, 0.717) is 10.7 Å². The summed E-state index contributed by atoms with van der Waals surface area (Å²) >= 11 is 5.81. The average molecular weight is 350 g/mol. The fraction of sp³-hybridized carbons (Fsp3) is 0.143. The molecular weight excluding hydrogens is 339 g/mol. The summed E-state index contributed by atoms with van der Waals surface area (Å²) in [4.78, 5) is -0.233. The molecule has 2 aromatic carbocycles. The van der Waals surface area contributed by atoms with Crippen molar-refractivity contribution >= 4 is 27.3 Å². The molecule has 0 spiro atoms. The van der Waals surface area contributed by atoms with Gasteiger partial charge in [-0.1, -0.05) is 17.7 Å². The molecule has 22 heavy (non-hydrogen) atoms. The fourth-order valence-corrected chi connectivity index (χ4v) is 3.16. The number of sulfonamides is 1. The van der Waals surface area contributed by atoms with E-state index in [1.807, 2.05) is 0 Å². The first-order valence-electron chi connectivity index (χ1n) is 6.04. The second-order valence-corrected chi connectivity index (χ2v) is 6.88. The minimum absolute atomic E-state index is 0.233. The van der Waals surface area contributed by atoms with Crippen LogP contribution in [0.15, 0.2) is 53.4 Å². The van der Waals surface area contributed by atoms with Gasteiger partial charge in [-0.2, -0.15) is 13.2 Å². The molecule has 0 N–H and O–H groups in total. The van der Waals surface area contributed by atoms with E-state index in [0.717, 1.165) is 28.6 Å². The maximum absolute atomic E-state index is 12.5. The second kappa shape index (κ2) is 5.81. The number of hydrogen-bond acceptors (Lipinski definition) is 2. The monoisotopic (exact) mass is 349 g/mol. The zero-order valence-electron chi connectivity index (χ0n) is 11.3. The van der Waals surface area contributed by atoms with Gasteiger partial charge in [0.2, 0.25) is 0 Å². The number of alkyl halides is 3. The number of anilines is 1. The minimum Gasteiger partial charge on any atom is -0.269 e. The smallest absolute Gasteiger partial charge is 0.269 e. The van der Waals surface area contributed by atoms with Crippen molar-refractivity contribution in [3.63, 3.8) is 0 Å². The molecule has 0 aliphatic carbocycles. The van der Waals surface area contributed by atoms with Gasteiger partial charge in [0.05, 0.1) is 16.1 Å². The lowest BCUT2D eigenvalue weighted by Gasteiger charge is -2.20. The van der Waals surface area contributed by atoms with Gasteiger partial charge in [-0.3, -0.25) is 4.31 Å². The highest BCUT2D eigenvalue weighted by atomic mass is 35.5. The predicted molar refractivity (Wildman–Crippen MR) is 78.5 cm³/mol. The van der Waals surface area contributed by atoms with Crippen molar-refractivity contribution < 1.29 is 21.6 Å². The number of halogens is 4. The highest BCUT2D eigenvalue weighted by Gasteiger charge is 2.31. The van der Waals surface area contributed by atoms with Crippen LogP contribution in [0.3, 0.4) is 0 Å². The third-order valence-electron chi connectivity index (χ3n) is 3.01. The van der Waals surface area contributed by atoms with E-state index in [1.165, 1.54) is 19.2 Å². The Kier molecular flexibility index (Phi) is 4.39. The highest BCUT2D eigenvalue weighted by molar-refractivity contribution is 7.92. The van der Waals surface area contributed by atoms with E-state index < -0.39 is 21.8 Å². The molecule has 0 aliphatic heterocycles. The summed E-state index contributed by atoms with van der Waals surface area (Å²) in [5.41, 5.74) is -0.593. The molecule has 118 valence electrons. The number of hydrogen-bond donors (Lipinski definition) is 0. The largest absolute Gasteiger partial charge is 0.416 e. The quantitative estimate of drug-likeness (QED) is 0.833. The van der Waals surface area contributed by atoms with E-state index in [-0.39, 0.29) is 4.90 Å². The summed E-state index contributed by atoms with van der Waals surface area (Å²) in [6.07, 6.45) is -4.51. The van der Waals surface area contributed by atoms with Crippen LogP contribution in [0.4, 0.5) is 18.9 Å². The van der Waals surface area contributed by atoms with Gasteiger partial charge in [0.15, 0.2) is 0 Å². The van der Waals surface area contributed by atoms with Gasteiger partial charge in [-0.05, 0) is 42.5 Å². The SMILES string of the molecule is CN(c1cccc(Cl)c1)S(=O)(=O)c1ccc(C(F)(F)F)cc1. The Morgan fingerprint density at radius 1 is 1.05 bits per heavy atom. The van der Waals surface area contributed by atoms with Crippen molar-refractivity contribution in [1.29, 1.82) is 0 Å². The second-order valence-electron chi connectivity index (χ2n) is 4.47.